The van der Waals surface area contributed by atoms with Crippen LogP contribution >= 0.6 is 0 Å². The molecule has 0 fully saturated rings. The maximum Gasteiger partial charge on any atom is 0.516 e. The van der Waals surface area contributed by atoms with Crippen LogP contribution in [0.1, 0.15) is 13.8 Å². The zero-order valence-electron chi connectivity index (χ0n) is 12.5. The van der Waals surface area contributed by atoms with Crippen LogP contribution in [0.25, 0.3) is 0 Å². The summed E-state index contributed by atoms with van der Waals surface area (Å²) in [5.74, 6) is -0.972. The molecule has 0 radical (unpaired) electrons. The monoisotopic (exact) mass is 288 g/mol. The Kier molecular flexibility index (Phi) is 8.94. The summed E-state index contributed by atoms with van der Waals surface area (Å²) in [5.41, 5.74) is 0.433. The van der Waals surface area contributed by atoms with Crippen molar-refractivity contribution in [2.24, 2.45) is 0 Å². The maximum atomic E-state index is 10.7. The molecule has 7 heteroatoms. The first-order valence-corrected chi connectivity index (χ1v) is 5.64. The van der Waals surface area contributed by atoms with Crippen LogP contribution in [0.5, 0.6) is 0 Å². The summed E-state index contributed by atoms with van der Waals surface area (Å²) in [6.45, 7) is 9.68. The van der Waals surface area contributed by atoms with Crippen LogP contribution in [0, 0.1) is 0 Å². The Morgan fingerprint density at radius 1 is 1.30 bits per heavy atom. The van der Waals surface area contributed by atoms with E-state index in [0.717, 1.165) is 6.08 Å². The van der Waals surface area contributed by atoms with E-state index in [-0.39, 0.29) is 5.97 Å². The minimum atomic E-state index is -1.07. The van der Waals surface area contributed by atoms with Gasteiger partial charge in [0, 0.05) is 18.6 Å². The average molecular weight is 288 g/mol. The van der Waals surface area contributed by atoms with Crippen molar-refractivity contribution >= 4 is 18.0 Å². The van der Waals surface area contributed by atoms with Gasteiger partial charge in [-0.25, -0.2) is 9.59 Å². The molecule has 114 valence electrons. The van der Waals surface area contributed by atoms with E-state index in [0.29, 0.717) is 5.57 Å². The molecule has 0 aliphatic carbocycles. The number of quaternary nitrogens is 1. The Morgan fingerprint density at radius 3 is 1.95 bits per heavy atom. The molecule has 0 aliphatic rings. The SMILES string of the molecule is C=C(C)C(=O)OC.C=CC(=O)OC(C)[N+](C)(C)C(=O)O. The van der Waals surface area contributed by atoms with E-state index >= 15 is 0 Å². The van der Waals surface area contributed by atoms with Crippen LogP contribution < -0.4 is 0 Å². The second-order valence-electron chi connectivity index (χ2n) is 4.33. The van der Waals surface area contributed by atoms with E-state index in [4.69, 9.17) is 9.84 Å². The van der Waals surface area contributed by atoms with E-state index in [1.807, 2.05) is 0 Å². The number of ether oxygens (including phenoxy) is 2. The molecule has 0 spiro atoms. The van der Waals surface area contributed by atoms with E-state index in [2.05, 4.69) is 17.9 Å². The summed E-state index contributed by atoms with van der Waals surface area (Å²) in [4.78, 5) is 31.6. The lowest BCUT2D eigenvalue weighted by Gasteiger charge is -2.28. The molecular formula is C13H22NO6+. The topological polar surface area (TPSA) is 89.9 Å². The Balaban J connectivity index is 0. The third kappa shape index (κ3) is 7.32. The number of rotatable bonds is 4. The van der Waals surface area contributed by atoms with Crippen LogP contribution in [0.4, 0.5) is 4.79 Å². The van der Waals surface area contributed by atoms with Crippen molar-refractivity contribution in [2.75, 3.05) is 21.2 Å². The highest BCUT2D eigenvalue weighted by molar-refractivity contribution is 5.86. The molecule has 0 saturated carbocycles. The number of methoxy groups -OCH3 is 1. The number of carbonyl (C=O) groups is 3. The molecule has 0 saturated heterocycles. The number of hydrogen-bond acceptors (Lipinski definition) is 5. The largest absolute Gasteiger partial charge is 0.516 e. The smallest absolute Gasteiger partial charge is 0.466 e. The molecule has 1 N–H and O–H groups in total. The van der Waals surface area contributed by atoms with Gasteiger partial charge in [0.2, 0.25) is 6.23 Å². The fourth-order valence-corrected chi connectivity index (χ4v) is 0.678. The lowest BCUT2D eigenvalue weighted by Crippen LogP contribution is -2.52. The highest BCUT2D eigenvalue weighted by Gasteiger charge is 2.35. The Hall–Kier alpha value is -2.15. The lowest BCUT2D eigenvalue weighted by atomic mass is 10.4. The summed E-state index contributed by atoms with van der Waals surface area (Å²) in [7, 11) is 4.20. The molecule has 20 heavy (non-hydrogen) atoms. The van der Waals surface area contributed by atoms with Crippen molar-refractivity contribution in [1.29, 1.82) is 0 Å². The Morgan fingerprint density at radius 2 is 1.75 bits per heavy atom. The van der Waals surface area contributed by atoms with Gasteiger partial charge in [-0.3, -0.25) is 0 Å². The molecule has 0 bridgehead atoms. The van der Waals surface area contributed by atoms with Crippen LogP contribution in [0.15, 0.2) is 24.8 Å². The van der Waals surface area contributed by atoms with Crippen molar-refractivity contribution < 1.29 is 33.4 Å². The molecular weight excluding hydrogens is 266 g/mol. The molecule has 0 aromatic rings. The summed E-state index contributed by atoms with van der Waals surface area (Å²) in [6.07, 6.45) is -0.814. The molecule has 1 atom stereocenters. The van der Waals surface area contributed by atoms with Crippen molar-refractivity contribution in [1.82, 2.24) is 0 Å². The summed E-state index contributed by atoms with van der Waals surface area (Å²) in [5, 5.41) is 8.75. The number of carbonyl (C=O) groups excluding carboxylic acids is 2. The fourth-order valence-electron chi connectivity index (χ4n) is 0.678. The molecule has 0 aliphatic heterocycles. The first-order chi connectivity index (χ1) is 9.00. The molecule has 0 aromatic heterocycles. The standard InChI is InChI=1S/C8H13NO4.C5H8O2/c1-5-7(10)13-6(2)9(3,4)8(11)12;1-4(2)5(6)7-3/h5-6H,1H2,2-4H3;1H2,2-3H3/p+1. The Bertz CT molecular complexity index is 400. The third-order valence-corrected chi connectivity index (χ3v) is 2.39. The summed E-state index contributed by atoms with van der Waals surface area (Å²) in [6, 6.07) is 0. The number of carboxylic acid groups (broad SMARTS) is 1. The van der Waals surface area contributed by atoms with Gasteiger partial charge in [0.15, 0.2) is 0 Å². The predicted molar refractivity (Wildman–Crippen MR) is 72.7 cm³/mol. The van der Waals surface area contributed by atoms with Gasteiger partial charge < -0.3 is 14.6 Å². The van der Waals surface area contributed by atoms with Gasteiger partial charge in [-0.15, -0.1) is 0 Å². The number of esters is 2. The third-order valence-electron chi connectivity index (χ3n) is 2.39. The highest BCUT2D eigenvalue weighted by Crippen LogP contribution is 2.08. The minimum absolute atomic E-state index is 0.347. The van der Waals surface area contributed by atoms with E-state index in [9.17, 15) is 14.4 Å². The van der Waals surface area contributed by atoms with Crippen molar-refractivity contribution in [3.05, 3.63) is 24.8 Å². The lowest BCUT2D eigenvalue weighted by molar-refractivity contribution is -0.863. The first-order valence-electron chi connectivity index (χ1n) is 5.64. The maximum absolute atomic E-state index is 10.7. The zero-order chi connectivity index (χ0) is 16.5. The first kappa shape index (κ1) is 20.2. The molecule has 0 heterocycles. The normalized spacial score (nSPS) is 11.2. The quantitative estimate of drug-likeness (QED) is 0.365. The molecule has 1 unspecified atom stereocenters. The zero-order valence-corrected chi connectivity index (χ0v) is 12.5. The van der Waals surface area contributed by atoms with Crippen LogP contribution in [-0.2, 0) is 19.1 Å². The second-order valence-corrected chi connectivity index (χ2v) is 4.33. The number of hydrogen-bond donors (Lipinski definition) is 1. The average Bonchev–Trinajstić information content (AvgIpc) is 2.37. The van der Waals surface area contributed by atoms with Gasteiger partial charge in [-0.2, -0.15) is 9.28 Å². The van der Waals surface area contributed by atoms with E-state index in [1.165, 1.54) is 28.1 Å². The van der Waals surface area contributed by atoms with Crippen molar-refractivity contribution in [2.45, 2.75) is 20.1 Å². The Labute approximate surface area is 118 Å². The molecule has 0 aromatic carbocycles. The summed E-state index contributed by atoms with van der Waals surface area (Å²) < 4.78 is 8.60. The van der Waals surface area contributed by atoms with Crippen molar-refractivity contribution in [3.8, 4) is 0 Å². The van der Waals surface area contributed by atoms with Crippen molar-refractivity contribution in [3.63, 3.8) is 0 Å². The van der Waals surface area contributed by atoms with Crippen LogP contribution in [0.2, 0.25) is 0 Å². The van der Waals surface area contributed by atoms with Crippen LogP contribution in [0.3, 0.4) is 0 Å². The van der Waals surface area contributed by atoms with Gasteiger partial charge in [-0.05, 0) is 6.92 Å². The summed E-state index contributed by atoms with van der Waals surface area (Å²) >= 11 is 0. The minimum Gasteiger partial charge on any atom is -0.466 e. The van der Waals surface area contributed by atoms with E-state index < -0.39 is 22.8 Å². The van der Waals surface area contributed by atoms with Crippen LogP contribution in [-0.4, -0.2) is 55.1 Å². The van der Waals surface area contributed by atoms with Gasteiger partial charge in [0.05, 0.1) is 21.2 Å². The molecule has 7 nitrogen and oxygen atoms in total. The van der Waals surface area contributed by atoms with Gasteiger partial charge in [0.25, 0.3) is 0 Å². The number of nitrogens with zero attached hydrogens (tertiary/aromatic N) is 1. The fraction of sp³-hybridized carbons (Fsp3) is 0.462. The van der Waals surface area contributed by atoms with Gasteiger partial charge >= 0.3 is 18.0 Å². The van der Waals surface area contributed by atoms with Gasteiger partial charge in [0.1, 0.15) is 0 Å². The number of amides is 1. The second kappa shape index (κ2) is 8.87. The van der Waals surface area contributed by atoms with Gasteiger partial charge in [-0.1, -0.05) is 13.2 Å². The molecule has 0 rings (SSSR count). The van der Waals surface area contributed by atoms with E-state index in [1.54, 1.807) is 6.92 Å². The predicted octanol–water partition coefficient (Wildman–Crippen LogP) is 1.55. The highest BCUT2D eigenvalue weighted by atomic mass is 16.6. The molecule has 1 amide bonds.